The van der Waals surface area contributed by atoms with Gasteiger partial charge in [-0.25, -0.2) is 0 Å². The van der Waals surface area contributed by atoms with Gasteiger partial charge in [0.25, 0.3) is 0 Å². The molecule has 1 aliphatic carbocycles. The molecule has 2 nitrogen and oxygen atoms in total. The number of halogens is 1. The molecule has 3 unspecified atom stereocenters. The van der Waals surface area contributed by atoms with Gasteiger partial charge in [-0.2, -0.15) is 0 Å². The van der Waals surface area contributed by atoms with Crippen LogP contribution in [0.15, 0.2) is 12.2 Å². The van der Waals surface area contributed by atoms with Crippen LogP contribution < -0.4 is 0 Å². The molecule has 0 aromatic heterocycles. The summed E-state index contributed by atoms with van der Waals surface area (Å²) < 4.78 is 5.16. The van der Waals surface area contributed by atoms with Gasteiger partial charge < -0.3 is 4.74 Å². The van der Waals surface area contributed by atoms with E-state index in [0.29, 0.717) is 0 Å². The predicted octanol–water partition coefficient (Wildman–Crippen LogP) is 2.27. The number of fused-ring (bicyclic) bond motifs is 1. The molecule has 1 aliphatic heterocycles. The second-order valence-electron chi connectivity index (χ2n) is 3.68. The second kappa shape index (κ2) is 3.70. The van der Waals surface area contributed by atoms with Crippen LogP contribution in [0.2, 0.25) is 0 Å². The molecule has 0 aromatic rings. The van der Waals surface area contributed by atoms with Crippen molar-refractivity contribution in [1.29, 1.82) is 0 Å². The third-order valence-electron chi connectivity index (χ3n) is 2.76. The maximum Gasteiger partial charge on any atom is 0.325 e. The van der Waals surface area contributed by atoms with Gasteiger partial charge in [-0.3, -0.25) is 4.79 Å². The molecule has 0 N–H and O–H groups in total. The minimum atomic E-state index is -0.423. The van der Waals surface area contributed by atoms with Crippen molar-refractivity contribution in [2.24, 2.45) is 5.92 Å². The van der Waals surface area contributed by atoms with Crippen LogP contribution in [0.25, 0.3) is 0 Å². The third-order valence-corrected chi connectivity index (χ3v) is 3.26. The average molecular weight is 201 g/mol. The number of carbonyl (C=O) groups excluding carboxylic acids is 1. The van der Waals surface area contributed by atoms with Crippen LogP contribution in [0.1, 0.15) is 25.7 Å². The van der Waals surface area contributed by atoms with E-state index in [0.717, 1.165) is 19.3 Å². The fourth-order valence-corrected chi connectivity index (χ4v) is 2.31. The van der Waals surface area contributed by atoms with Gasteiger partial charge in [0.05, 0.1) is 0 Å². The number of hydrogen-bond acceptors (Lipinski definition) is 2. The Balaban J connectivity index is 2.14. The second-order valence-corrected chi connectivity index (χ2v) is 4.15. The van der Waals surface area contributed by atoms with Crippen molar-refractivity contribution in [1.82, 2.24) is 0 Å². The first kappa shape index (κ1) is 9.07. The number of carbonyl (C=O) groups is 1. The maximum atomic E-state index is 11.2. The van der Waals surface area contributed by atoms with Crippen molar-refractivity contribution < 1.29 is 9.53 Å². The molecule has 0 aromatic carbocycles. The van der Waals surface area contributed by atoms with E-state index >= 15 is 0 Å². The first-order valence-electron chi connectivity index (χ1n) is 4.80. The normalized spacial score (nSPS) is 39.2. The molecule has 1 saturated heterocycles. The monoisotopic (exact) mass is 200 g/mol. The number of hydrogen-bond donors (Lipinski definition) is 0. The SMILES string of the molecule is O=C1OC2C=CCCCCC2C1Cl. The van der Waals surface area contributed by atoms with Crippen LogP contribution in [-0.2, 0) is 9.53 Å². The summed E-state index contributed by atoms with van der Waals surface area (Å²) in [6.45, 7) is 0. The highest BCUT2D eigenvalue weighted by Crippen LogP contribution is 2.33. The summed E-state index contributed by atoms with van der Waals surface area (Å²) in [6, 6.07) is 0. The number of alkyl halides is 1. The van der Waals surface area contributed by atoms with Gasteiger partial charge >= 0.3 is 5.97 Å². The van der Waals surface area contributed by atoms with Crippen LogP contribution in [0.4, 0.5) is 0 Å². The summed E-state index contributed by atoms with van der Waals surface area (Å²) in [7, 11) is 0. The van der Waals surface area contributed by atoms with Gasteiger partial charge in [0.15, 0.2) is 0 Å². The van der Waals surface area contributed by atoms with Gasteiger partial charge in [0, 0.05) is 5.92 Å². The molecule has 3 atom stereocenters. The zero-order chi connectivity index (χ0) is 9.26. The summed E-state index contributed by atoms with van der Waals surface area (Å²) in [5.41, 5.74) is 0. The van der Waals surface area contributed by atoms with Crippen LogP contribution in [-0.4, -0.2) is 17.5 Å². The fourth-order valence-electron chi connectivity index (χ4n) is 1.99. The standard InChI is InChI=1S/C10H13ClO2/c11-9-7-5-3-1-2-4-6-8(7)13-10(9)12/h4,6-9H,1-3,5H2. The summed E-state index contributed by atoms with van der Waals surface area (Å²) in [5.74, 6) is -0.0473. The van der Waals surface area contributed by atoms with E-state index in [4.69, 9.17) is 16.3 Å². The smallest absolute Gasteiger partial charge is 0.325 e. The number of allylic oxidation sites excluding steroid dienone is 1. The van der Waals surface area contributed by atoms with E-state index in [9.17, 15) is 4.79 Å². The molecule has 2 rings (SSSR count). The summed E-state index contributed by atoms with van der Waals surface area (Å²) in [4.78, 5) is 11.2. The highest BCUT2D eigenvalue weighted by molar-refractivity contribution is 6.30. The van der Waals surface area contributed by atoms with Crippen LogP contribution in [0, 0.1) is 5.92 Å². The molecular weight excluding hydrogens is 188 g/mol. The zero-order valence-corrected chi connectivity index (χ0v) is 8.17. The Morgan fingerprint density at radius 1 is 1.46 bits per heavy atom. The van der Waals surface area contributed by atoms with E-state index in [-0.39, 0.29) is 18.0 Å². The Hall–Kier alpha value is -0.500. The Labute approximate surface area is 82.9 Å². The molecule has 1 fully saturated rings. The molecule has 72 valence electrons. The summed E-state index contributed by atoms with van der Waals surface area (Å²) in [5, 5.41) is -0.423. The predicted molar refractivity (Wildman–Crippen MR) is 50.6 cm³/mol. The van der Waals surface area contributed by atoms with Crippen LogP contribution in [0.3, 0.4) is 0 Å². The minimum Gasteiger partial charge on any atom is -0.457 e. The van der Waals surface area contributed by atoms with E-state index < -0.39 is 5.38 Å². The molecule has 0 spiro atoms. The molecular formula is C10H13ClO2. The average Bonchev–Trinajstić information content (AvgIpc) is 2.31. The van der Waals surface area contributed by atoms with Crippen molar-refractivity contribution in [2.45, 2.75) is 37.2 Å². The Kier molecular flexibility index (Phi) is 2.58. The topological polar surface area (TPSA) is 26.3 Å². The van der Waals surface area contributed by atoms with E-state index in [1.807, 2.05) is 6.08 Å². The molecule has 0 radical (unpaired) electrons. The molecule has 3 heteroatoms. The molecule has 0 amide bonds. The first-order chi connectivity index (χ1) is 6.29. The van der Waals surface area contributed by atoms with E-state index in [1.54, 1.807) is 0 Å². The molecule has 2 aliphatic rings. The Morgan fingerprint density at radius 2 is 2.31 bits per heavy atom. The highest BCUT2D eigenvalue weighted by Gasteiger charge is 2.41. The van der Waals surface area contributed by atoms with Crippen molar-refractivity contribution in [3.8, 4) is 0 Å². The largest absolute Gasteiger partial charge is 0.457 e. The lowest BCUT2D eigenvalue weighted by Gasteiger charge is -2.17. The Bertz CT molecular complexity index is 237. The molecule has 13 heavy (non-hydrogen) atoms. The van der Waals surface area contributed by atoms with Crippen molar-refractivity contribution in [2.75, 3.05) is 0 Å². The minimum absolute atomic E-state index is 0.0599. The van der Waals surface area contributed by atoms with Gasteiger partial charge in [0.1, 0.15) is 11.5 Å². The Morgan fingerprint density at radius 3 is 3.15 bits per heavy atom. The van der Waals surface area contributed by atoms with Crippen molar-refractivity contribution in [3.05, 3.63) is 12.2 Å². The summed E-state index contributed by atoms with van der Waals surface area (Å²) in [6.07, 6.45) is 8.46. The van der Waals surface area contributed by atoms with Crippen molar-refractivity contribution in [3.63, 3.8) is 0 Å². The van der Waals surface area contributed by atoms with Gasteiger partial charge in [-0.15, -0.1) is 11.6 Å². The number of rotatable bonds is 0. The highest BCUT2D eigenvalue weighted by atomic mass is 35.5. The lowest BCUT2D eigenvalue weighted by atomic mass is 9.91. The quantitative estimate of drug-likeness (QED) is 0.341. The molecule has 1 heterocycles. The van der Waals surface area contributed by atoms with E-state index in [2.05, 4.69) is 6.08 Å². The van der Waals surface area contributed by atoms with Gasteiger partial charge in [-0.05, 0) is 25.3 Å². The zero-order valence-electron chi connectivity index (χ0n) is 7.41. The fraction of sp³-hybridized carbons (Fsp3) is 0.700. The van der Waals surface area contributed by atoms with Crippen molar-refractivity contribution >= 4 is 17.6 Å². The lowest BCUT2D eigenvalue weighted by Crippen LogP contribution is -2.20. The maximum absolute atomic E-state index is 11.2. The number of esters is 1. The number of ether oxygens (including phenoxy) is 1. The van der Waals surface area contributed by atoms with E-state index in [1.165, 1.54) is 6.42 Å². The molecule has 0 saturated carbocycles. The third kappa shape index (κ3) is 1.73. The van der Waals surface area contributed by atoms with Crippen LogP contribution in [0.5, 0.6) is 0 Å². The van der Waals surface area contributed by atoms with Gasteiger partial charge in [0.2, 0.25) is 0 Å². The van der Waals surface area contributed by atoms with Crippen LogP contribution >= 0.6 is 11.6 Å². The summed E-state index contributed by atoms with van der Waals surface area (Å²) >= 11 is 5.95. The first-order valence-corrected chi connectivity index (χ1v) is 5.24. The lowest BCUT2D eigenvalue weighted by molar-refractivity contribution is -0.139. The molecule has 0 bridgehead atoms. The van der Waals surface area contributed by atoms with Gasteiger partial charge in [-0.1, -0.05) is 12.5 Å².